The molecule has 0 amide bonds. The van der Waals surface area contributed by atoms with Crippen LogP contribution in [0.15, 0.2) is 0 Å². The largest absolute Gasteiger partial charge is 0.383 e. The predicted octanol–water partition coefficient (Wildman–Crippen LogP) is 0.883. The molecule has 1 atom stereocenters. The van der Waals surface area contributed by atoms with Crippen molar-refractivity contribution in [3.63, 3.8) is 0 Å². The molecule has 0 N–H and O–H groups in total. The number of ether oxygens (including phenoxy) is 2. The molecule has 0 bridgehead atoms. The molecule has 0 aromatic heterocycles. The highest BCUT2D eigenvalue weighted by molar-refractivity contribution is 4.73. The molecule has 0 aliphatic heterocycles. The number of hydrogen-bond acceptors (Lipinski definition) is 4. The molecule has 0 aromatic rings. The van der Waals surface area contributed by atoms with E-state index in [0.717, 1.165) is 19.6 Å². The minimum atomic E-state index is 0.200. The van der Waals surface area contributed by atoms with Crippen LogP contribution in [0, 0.1) is 11.3 Å². The van der Waals surface area contributed by atoms with Gasteiger partial charge in [0.2, 0.25) is 0 Å². The Morgan fingerprint density at radius 1 is 1.36 bits per heavy atom. The first-order valence-electron chi connectivity index (χ1n) is 4.85. The molecule has 1 unspecified atom stereocenters. The number of nitrogens with zero attached hydrogens (tertiary/aromatic N) is 2. The standard InChI is InChI=1S/C10H20N2O2/c1-10(14-3)9-12(6-4-5-11)7-8-13-2/h10H,4,6-9H2,1-3H3. The van der Waals surface area contributed by atoms with Crippen LogP contribution in [-0.2, 0) is 9.47 Å². The van der Waals surface area contributed by atoms with E-state index in [1.807, 2.05) is 6.92 Å². The normalized spacial score (nSPS) is 12.8. The Balaban J connectivity index is 3.78. The first kappa shape index (κ1) is 13.4. The van der Waals surface area contributed by atoms with Crippen LogP contribution >= 0.6 is 0 Å². The number of methoxy groups -OCH3 is 2. The van der Waals surface area contributed by atoms with Crippen LogP contribution in [0.3, 0.4) is 0 Å². The molecular weight excluding hydrogens is 180 g/mol. The summed E-state index contributed by atoms with van der Waals surface area (Å²) in [6.45, 7) is 5.20. The average Bonchev–Trinajstić information content (AvgIpc) is 2.21. The number of hydrogen-bond donors (Lipinski definition) is 0. The second-order valence-electron chi connectivity index (χ2n) is 3.25. The van der Waals surface area contributed by atoms with Crippen LogP contribution in [0.5, 0.6) is 0 Å². The van der Waals surface area contributed by atoms with Gasteiger partial charge >= 0.3 is 0 Å². The maximum atomic E-state index is 8.49. The molecule has 4 heteroatoms. The van der Waals surface area contributed by atoms with Gasteiger partial charge in [-0.05, 0) is 6.92 Å². The molecule has 4 nitrogen and oxygen atoms in total. The van der Waals surface area contributed by atoms with Crippen molar-refractivity contribution in [1.29, 1.82) is 5.26 Å². The highest BCUT2D eigenvalue weighted by Crippen LogP contribution is 1.97. The van der Waals surface area contributed by atoms with E-state index in [1.54, 1.807) is 14.2 Å². The first-order chi connectivity index (χ1) is 6.74. The average molecular weight is 200 g/mol. The molecule has 0 rings (SSSR count). The molecule has 0 fully saturated rings. The lowest BCUT2D eigenvalue weighted by molar-refractivity contribution is 0.0653. The molecule has 0 radical (unpaired) electrons. The molecule has 82 valence electrons. The zero-order valence-corrected chi connectivity index (χ0v) is 9.32. The molecule has 0 heterocycles. The quantitative estimate of drug-likeness (QED) is 0.583. The second-order valence-corrected chi connectivity index (χ2v) is 3.25. The summed E-state index contributed by atoms with van der Waals surface area (Å²) in [4.78, 5) is 2.18. The van der Waals surface area contributed by atoms with Crippen LogP contribution in [0.4, 0.5) is 0 Å². The van der Waals surface area contributed by atoms with E-state index in [1.165, 1.54) is 0 Å². The summed E-state index contributed by atoms with van der Waals surface area (Å²) in [5.74, 6) is 0. The second kappa shape index (κ2) is 8.95. The lowest BCUT2D eigenvalue weighted by Crippen LogP contribution is -2.35. The topological polar surface area (TPSA) is 45.5 Å². The lowest BCUT2D eigenvalue weighted by Gasteiger charge is -2.23. The van der Waals surface area contributed by atoms with Crippen LogP contribution in [0.2, 0.25) is 0 Å². The van der Waals surface area contributed by atoms with Crippen molar-refractivity contribution < 1.29 is 9.47 Å². The molecule has 0 aliphatic rings. The van der Waals surface area contributed by atoms with Crippen molar-refractivity contribution in [3.05, 3.63) is 0 Å². The van der Waals surface area contributed by atoms with E-state index in [9.17, 15) is 0 Å². The van der Waals surface area contributed by atoms with E-state index < -0.39 is 0 Å². The van der Waals surface area contributed by atoms with E-state index >= 15 is 0 Å². The Hall–Kier alpha value is -0.630. The van der Waals surface area contributed by atoms with Crippen LogP contribution in [0.1, 0.15) is 13.3 Å². The van der Waals surface area contributed by atoms with Gasteiger partial charge in [-0.15, -0.1) is 0 Å². The Bertz CT molecular complexity index is 168. The molecule has 0 aliphatic carbocycles. The summed E-state index contributed by atoms with van der Waals surface area (Å²) in [5.41, 5.74) is 0. The molecular formula is C10H20N2O2. The van der Waals surface area contributed by atoms with Crippen molar-refractivity contribution in [1.82, 2.24) is 4.90 Å². The maximum Gasteiger partial charge on any atom is 0.0670 e. The van der Waals surface area contributed by atoms with E-state index in [-0.39, 0.29) is 6.10 Å². The fourth-order valence-corrected chi connectivity index (χ4v) is 1.16. The summed E-state index contributed by atoms with van der Waals surface area (Å²) >= 11 is 0. The van der Waals surface area contributed by atoms with Crippen molar-refractivity contribution in [2.24, 2.45) is 0 Å². The highest BCUT2D eigenvalue weighted by Gasteiger charge is 2.08. The highest BCUT2D eigenvalue weighted by atomic mass is 16.5. The summed E-state index contributed by atoms with van der Waals surface area (Å²) in [6.07, 6.45) is 0.755. The Morgan fingerprint density at radius 3 is 2.57 bits per heavy atom. The fourth-order valence-electron chi connectivity index (χ4n) is 1.16. The van der Waals surface area contributed by atoms with Crippen LogP contribution in [-0.4, -0.2) is 51.5 Å². The van der Waals surface area contributed by atoms with Gasteiger partial charge in [-0.3, -0.25) is 4.90 Å². The van der Waals surface area contributed by atoms with Crippen molar-refractivity contribution in [3.8, 4) is 6.07 Å². The minimum Gasteiger partial charge on any atom is -0.383 e. The van der Waals surface area contributed by atoms with E-state index in [0.29, 0.717) is 13.0 Å². The van der Waals surface area contributed by atoms with Gasteiger partial charge in [-0.25, -0.2) is 0 Å². The Kier molecular flexibility index (Phi) is 8.54. The minimum absolute atomic E-state index is 0.200. The van der Waals surface area contributed by atoms with Crippen LogP contribution < -0.4 is 0 Å². The lowest BCUT2D eigenvalue weighted by atomic mass is 10.3. The summed E-state index contributed by atoms with van der Waals surface area (Å²) in [5, 5.41) is 8.49. The van der Waals surface area contributed by atoms with Crippen molar-refractivity contribution in [2.75, 3.05) is 40.5 Å². The Morgan fingerprint density at radius 2 is 2.07 bits per heavy atom. The van der Waals surface area contributed by atoms with Gasteiger partial charge in [0.15, 0.2) is 0 Å². The SMILES string of the molecule is COCCN(CCC#N)CC(C)OC. The summed E-state index contributed by atoms with van der Waals surface area (Å²) in [6, 6.07) is 2.14. The third-order valence-electron chi connectivity index (χ3n) is 2.07. The van der Waals surface area contributed by atoms with Crippen LogP contribution in [0.25, 0.3) is 0 Å². The van der Waals surface area contributed by atoms with Gasteiger partial charge in [-0.2, -0.15) is 5.26 Å². The van der Waals surface area contributed by atoms with Crippen molar-refractivity contribution in [2.45, 2.75) is 19.4 Å². The van der Waals surface area contributed by atoms with E-state index in [4.69, 9.17) is 14.7 Å². The summed E-state index contributed by atoms with van der Waals surface area (Å²) < 4.78 is 10.2. The molecule has 0 spiro atoms. The fraction of sp³-hybridized carbons (Fsp3) is 0.900. The Labute approximate surface area is 86.4 Å². The van der Waals surface area contributed by atoms with Gasteiger partial charge in [0.25, 0.3) is 0 Å². The third-order valence-corrected chi connectivity index (χ3v) is 2.07. The van der Waals surface area contributed by atoms with Gasteiger partial charge < -0.3 is 9.47 Å². The third kappa shape index (κ3) is 6.84. The van der Waals surface area contributed by atoms with Crippen molar-refractivity contribution >= 4 is 0 Å². The number of nitriles is 1. The first-order valence-corrected chi connectivity index (χ1v) is 4.85. The van der Waals surface area contributed by atoms with E-state index in [2.05, 4.69) is 11.0 Å². The molecule has 0 saturated heterocycles. The molecule has 0 saturated carbocycles. The number of rotatable bonds is 8. The smallest absolute Gasteiger partial charge is 0.0670 e. The predicted molar refractivity (Wildman–Crippen MR) is 55.0 cm³/mol. The monoisotopic (exact) mass is 200 g/mol. The molecule has 14 heavy (non-hydrogen) atoms. The maximum absolute atomic E-state index is 8.49. The van der Waals surface area contributed by atoms with Gasteiger partial charge in [0.1, 0.15) is 0 Å². The zero-order valence-electron chi connectivity index (χ0n) is 9.32. The summed E-state index contributed by atoms with van der Waals surface area (Å²) in [7, 11) is 3.38. The molecule has 0 aromatic carbocycles. The van der Waals surface area contributed by atoms with Gasteiger partial charge in [0.05, 0.1) is 18.8 Å². The van der Waals surface area contributed by atoms with Gasteiger partial charge in [-0.1, -0.05) is 0 Å². The zero-order chi connectivity index (χ0) is 10.8. The van der Waals surface area contributed by atoms with Gasteiger partial charge in [0, 0.05) is 40.3 Å².